The minimum absolute atomic E-state index is 0.0394. The highest BCUT2D eigenvalue weighted by atomic mass is 32.1. The SMILES string of the molecule is Cc1cc(C)n(-c2ccc(N3CCC(C(=O)NCc4sc(C)nc4C)CC3)nn2)n1. The normalized spacial score (nSPS) is 14.9. The zero-order valence-electron chi connectivity index (χ0n) is 17.8. The van der Waals surface area contributed by atoms with Crippen molar-refractivity contribution in [3.05, 3.63) is 45.2 Å². The van der Waals surface area contributed by atoms with Crippen LogP contribution in [0.2, 0.25) is 0 Å². The van der Waals surface area contributed by atoms with Gasteiger partial charge in [-0.2, -0.15) is 5.10 Å². The first-order chi connectivity index (χ1) is 14.4. The van der Waals surface area contributed by atoms with Crippen LogP contribution in [0.3, 0.4) is 0 Å². The number of hydrogen-bond acceptors (Lipinski definition) is 7. The second-order valence-electron chi connectivity index (χ2n) is 7.81. The Morgan fingerprint density at radius 2 is 1.83 bits per heavy atom. The lowest BCUT2D eigenvalue weighted by Gasteiger charge is -2.31. The number of anilines is 1. The van der Waals surface area contributed by atoms with Crippen molar-refractivity contribution in [1.29, 1.82) is 0 Å². The van der Waals surface area contributed by atoms with Gasteiger partial charge in [0.25, 0.3) is 0 Å². The standard InChI is InChI=1S/C21H27N7OS/c1-13-11-14(2)28(26-13)20-6-5-19(24-25-20)27-9-7-17(8-10-27)21(29)22-12-18-15(3)23-16(4)30-18/h5-6,11,17H,7-10,12H2,1-4H3,(H,22,29). The Bertz CT molecular complexity index is 1030. The van der Waals surface area contributed by atoms with Crippen molar-refractivity contribution < 1.29 is 4.79 Å². The van der Waals surface area contributed by atoms with Gasteiger partial charge in [-0.25, -0.2) is 9.67 Å². The Morgan fingerprint density at radius 3 is 2.40 bits per heavy atom. The van der Waals surface area contributed by atoms with Gasteiger partial charge in [0.2, 0.25) is 5.91 Å². The van der Waals surface area contributed by atoms with E-state index in [1.165, 1.54) is 0 Å². The van der Waals surface area contributed by atoms with Gasteiger partial charge in [-0.3, -0.25) is 4.79 Å². The number of aromatic nitrogens is 5. The molecule has 3 aromatic rings. The van der Waals surface area contributed by atoms with Gasteiger partial charge in [0.05, 0.1) is 22.9 Å². The molecule has 158 valence electrons. The van der Waals surface area contributed by atoms with Crippen LogP contribution in [0, 0.1) is 33.6 Å². The summed E-state index contributed by atoms with van der Waals surface area (Å²) < 4.78 is 1.80. The average molecular weight is 426 g/mol. The Kier molecular flexibility index (Phi) is 5.80. The Morgan fingerprint density at radius 1 is 1.13 bits per heavy atom. The molecule has 1 N–H and O–H groups in total. The summed E-state index contributed by atoms with van der Waals surface area (Å²) in [6.07, 6.45) is 1.63. The number of nitrogens with one attached hydrogen (secondary N) is 1. The maximum Gasteiger partial charge on any atom is 0.223 e. The van der Waals surface area contributed by atoms with Crippen molar-refractivity contribution in [3.63, 3.8) is 0 Å². The van der Waals surface area contributed by atoms with Crippen molar-refractivity contribution in [1.82, 2.24) is 30.3 Å². The molecule has 0 aromatic carbocycles. The van der Waals surface area contributed by atoms with Gasteiger partial charge >= 0.3 is 0 Å². The van der Waals surface area contributed by atoms with Crippen LogP contribution in [0.4, 0.5) is 5.82 Å². The predicted octanol–water partition coefficient (Wildman–Crippen LogP) is 2.89. The Labute approximate surface area is 180 Å². The molecule has 3 aromatic heterocycles. The van der Waals surface area contributed by atoms with Crippen LogP contribution >= 0.6 is 11.3 Å². The molecule has 0 unspecified atom stereocenters. The summed E-state index contributed by atoms with van der Waals surface area (Å²) in [6.45, 7) is 10.1. The first-order valence-electron chi connectivity index (χ1n) is 10.2. The van der Waals surface area contributed by atoms with E-state index in [2.05, 4.69) is 30.5 Å². The third kappa shape index (κ3) is 4.35. The summed E-state index contributed by atoms with van der Waals surface area (Å²) in [7, 11) is 0. The number of carbonyl (C=O) groups is 1. The molecule has 1 aliphatic rings. The fourth-order valence-corrected chi connectivity index (χ4v) is 4.76. The Hall–Kier alpha value is -2.81. The second-order valence-corrected chi connectivity index (χ2v) is 9.10. The molecule has 8 nitrogen and oxygen atoms in total. The van der Waals surface area contributed by atoms with Crippen LogP contribution in [0.25, 0.3) is 5.82 Å². The molecular weight excluding hydrogens is 398 g/mol. The van der Waals surface area contributed by atoms with E-state index < -0.39 is 0 Å². The molecule has 1 saturated heterocycles. The van der Waals surface area contributed by atoms with Crippen LogP contribution in [0.5, 0.6) is 0 Å². The number of thiazole rings is 1. The fourth-order valence-electron chi connectivity index (χ4n) is 3.88. The number of aryl methyl sites for hydroxylation is 4. The third-order valence-electron chi connectivity index (χ3n) is 5.48. The topological polar surface area (TPSA) is 88.8 Å². The maximum atomic E-state index is 12.6. The first kappa shape index (κ1) is 20.5. The summed E-state index contributed by atoms with van der Waals surface area (Å²) in [5.74, 6) is 1.73. The molecule has 0 spiro atoms. The summed E-state index contributed by atoms with van der Waals surface area (Å²) in [5, 5.41) is 17.3. The van der Waals surface area contributed by atoms with Crippen molar-refractivity contribution in [2.45, 2.75) is 47.1 Å². The minimum Gasteiger partial charge on any atom is -0.355 e. The van der Waals surface area contributed by atoms with Crippen LogP contribution < -0.4 is 10.2 Å². The molecule has 0 radical (unpaired) electrons. The highest BCUT2D eigenvalue weighted by Gasteiger charge is 2.26. The van der Waals surface area contributed by atoms with Gasteiger partial charge < -0.3 is 10.2 Å². The fraction of sp³-hybridized carbons (Fsp3) is 0.476. The van der Waals surface area contributed by atoms with E-state index in [1.807, 2.05) is 45.9 Å². The van der Waals surface area contributed by atoms with E-state index >= 15 is 0 Å². The summed E-state index contributed by atoms with van der Waals surface area (Å²) in [5.41, 5.74) is 3.00. The molecule has 9 heteroatoms. The molecule has 0 aliphatic carbocycles. The van der Waals surface area contributed by atoms with Crippen molar-refractivity contribution in [2.75, 3.05) is 18.0 Å². The predicted molar refractivity (Wildman–Crippen MR) is 117 cm³/mol. The van der Waals surface area contributed by atoms with Gasteiger partial charge in [-0.15, -0.1) is 21.5 Å². The van der Waals surface area contributed by atoms with Gasteiger partial charge in [-0.05, 0) is 58.7 Å². The van der Waals surface area contributed by atoms with E-state index in [1.54, 1.807) is 16.0 Å². The highest BCUT2D eigenvalue weighted by Crippen LogP contribution is 2.23. The molecule has 0 saturated carbocycles. The van der Waals surface area contributed by atoms with Crippen molar-refractivity contribution in [3.8, 4) is 5.82 Å². The molecule has 1 amide bonds. The quantitative estimate of drug-likeness (QED) is 0.676. The van der Waals surface area contributed by atoms with Gasteiger partial charge in [0.1, 0.15) is 0 Å². The van der Waals surface area contributed by atoms with Crippen LogP contribution in [-0.4, -0.2) is 44.0 Å². The number of piperidine rings is 1. The van der Waals surface area contributed by atoms with E-state index in [-0.39, 0.29) is 11.8 Å². The number of rotatable bonds is 5. The molecule has 4 heterocycles. The van der Waals surface area contributed by atoms with Crippen LogP contribution in [-0.2, 0) is 11.3 Å². The lowest BCUT2D eigenvalue weighted by atomic mass is 9.96. The Balaban J connectivity index is 1.31. The number of amides is 1. The van der Waals surface area contributed by atoms with Crippen molar-refractivity contribution >= 4 is 23.1 Å². The number of hydrogen-bond donors (Lipinski definition) is 1. The summed E-state index contributed by atoms with van der Waals surface area (Å²) in [6, 6.07) is 5.94. The van der Waals surface area contributed by atoms with Gasteiger partial charge in [-0.1, -0.05) is 0 Å². The molecule has 0 bridgehead atoms. The van der Waals surface area contributed by atoms with E-state index in [9.17, 15) is 4.79 Å². The smallest absolute Gasteiger partial charge is 0.223 e. The molecular formula is C21H27N7OS. The van der Waals surface area contributed by atoms with Crippen molar-refractivity contribution in [2.24, 2.45) is 5.92 Å². The molecule has 30 heavy (non-hydrogen) atoms. The molecule has 4 rings (SSSR count). The van der Waals surface area contributed by atoms with Crippen LogP contribution in [0.1, 0.15) is 39.8 Å². The van der Waals surface area contributed by atoms with E-state index in [0.29, 0.717) is 12.4 Å². The molecule has 1 fully saturated rings. The molecule has 0 atom stereocenters. The number of carbonyl (C=O) groups excluding carboxylic acids is 1. The van der Waals surface area contributed by atoms with E-state index in [0.717, 1.165) is 58.7 Å². The molecule has 1 aliphatic heterocycles. The zero-order chi connectivity index (χ0) is 21.3. The largest absolute Gasteiger partial charge is 0.355 e. The third-order valence-corrected chi connectivity index (χ3v) is 6.55. The zero-order valence-corrected chi connectivity index (χ0v) is 18.7. The van der Waals surface area contributed by atoms with Gasteiger partial charge in [0.15, 0.2) is 11.6 Å². The first-order valence-corrected chi connectivity index (χ1v) is 11.1. The maximum absolute atomic E-state index is 12.6. The lowest BCUT2D eigenvalue weighted by molar-refractivity contribution is -0.125. The average Bonchev–Trinajstić information content (AvgIpc) is 3.25. The number of nitrogens with zero attached hydrogens (tertiary/aromatic N) is 6. The monoisotopic (exact) mass is 425 g/mol. The summed E-state index contributed by atoms with van der Waals surface area (Å²) in [4.78, 5) is 20.3. The van der Waals surface area contributed by atoms with E-state index in [4.69, 9.17) is 0 Å². The highest BCUT2D eigenvalue weighted by molar-refractivity contribution is 7.11. The lowest BCUT2D eigenvalue weighted by Crippen LogP contribution is -2.40. The minimum atomic E-state index is 0.0394. The summed E-state index contributed by atoms with van der Waals surface area (Å²) >= 11 is 1.65. The van der Waals surface area contributed by atoms with Gasteiger partial charge in [0, 0.05) is 29.6 Å². The van der Waals surface area contributed by atoms with Crippen LogP contribution in [0.15, 0.2) is 18.2 Å². The second kappa shape index (κ2) is 8.51.